The number of rotatable bonds is 7. The number of aryl methyl sites for hydroxylation is 1. The van der Waals surface area contributed by atoms with Crippen molar-refractivity contribution in [3.63, 3.8) is 0 Å². The summed E-state index contributed by atoms with van der Waals surface area (Å²) in [6, 6.07) is 3.80. The smallest absolute Gasteiger partial charge is 0.317 e. The van der Waals surface area contributed by atoms with E-state index in [1.807, 2.05) is 11.8 Å². The normalized spacial score (nSPS) is 20.2. The SMILES string of the molecule is CCN(CC(=O)O)C1CC(Nc2cc(C)c([N+](=O)[O-])cc2Br)C1. The number of carbonyl (C=O) groups is 1. The summed E-state index contributed by atoms with van der Waals surface area (Å²) in [4.78, 5) is 23.3. The molecule has 126 valence electrons. The van der Waals surface area contributed by atoms with Crippen molar-refractivity contribution < 1.29 is 14.8 Å². The lowest BCUT2D eigenvalue weighted by Crippen LogP contribution is -2.51. The Morgan fingerprint density at radius 3 is 2.70 bits per heavy atom. The van der Waals surface area contributed by atoms with Gasteiger partial charge in [-0.25, -0.2) is 0 Å². The first-order valence-electron chi connectivity index (χ1n) is 7.48. The Bertz CT molecular complexity index is 617. The van der Waals surface area contributed by atoms with Crippen LogP contribution in [0.25, 0.3) is 0 Å². The largest absolute Gasteiger partial charge is 0.480 e. The zero-order valence-electron chi connectivity index (χ0n) is 13.1. The number of aliphatic carboxylic acids is 1. The molecule has 8 heteroatoms. The van der Waals surface area contributed by atoms with Crippen LogP contribution in [0.5, 0.6) is 0 Å². The lowest BCUT2D eigenvalue weighted by atomic mass is 9.85. The highest BCUT2D eigenvalue weighted by molar-refractivity contribution is 9.10. The Morgan fingerprint density at radius 2 is 2.17 bits per heavy atom. The molecule has 0 spiro atoms. The Morgan fingerprint density at radius 1 is 1.52 bits per heavy atom. The summed E-state index contributed by atoms with van der Waals surface area (Å²) in [5.74, 6) is -0.808. The van der Waals surface area contributed by atoms with Crippen LogP contribution < -0.4 is 5.32 Å². The van der Waals surface area contributed by atoms with Crippen molar-refractivity contribution in [3.8, 4) is 0 Å². The highest BCUT2D eigenvalue weighted by Crippen LogP contribution is 2.34. The van der Waals surface area contributed by atoms with E-state index in [0.717, 1.165) is 18.5 Å². The van der Waals surface area contributed by atoms with Gasteiger partial charge in [0.15, 0.2) is 0 Å². The van der Waals surface area contributed by atoms with E-state index in [2.05, 4.69) is 21.2 Å². The molecule has 7 nitrogen and oxygen atoms in total. The van der Waals surface area contributed by atoms with Gasteiger partial charge in [0.1, 0.15) is 0 Å². The van der Waals surface area contributed by atoms with E-state index in [9.17, 15) is 14.9 Å². The summed E-state index contributed by atoms with van der Waals surface area (Å²) >= 11 is 3.37. The van der Waals surface area contributed by atoms with Crippen molar-refractivity contribution in [1.29, 1.82) is 0 Å². The number of nitro benzene ring substituents is 1. The average molecular weight is 386 g/mol. The van der Waals surface area contributed by atoms with Crippen molar-refractivity contribution >= 4 is 33.3 Å². The molecule has 0 radical (unpaired) electrons. The van der Waals surface area contributed by atoms with E-state index in [0.29, 0.717) is 16.6 Å². The maximum atomic E-state index is 10.9. The molecule has 0 bridgehead atoms. The van der Waals surface area contributed by atoms with Gasteiger partial charge in [0.2, 0.25) is 0 Å². The van der Waals surface area contributed by atoms with Crippen molar-refractivity contribution in [1.82, 2.24) is 4.90 Å². The molecular formula is C15H20BrN3O4. The van der Waals surface area contributed by atoms with Crippen molar-refractivity contribution in [3.05, 3.63) is 32.3 Å². The van der Waals surface area contributed by atoms with Crippen LogP contribution in [0, 0.1) is 17.0 Å². The predicted molar refractivity (Wildman–Crippen MR) is 90.8 cm³/mol. The molecule has 1 fully saturated rings. The predicted octanol–water partition coefficient (Wildman–Crippen LogP) is 3.02. The second-order valence-electron chi connectivity index (χ2n) is 5.80. The zero-order valence-corrected chi connectivity index (χ0v) is 14.7. The Kier molecular flexibility index (Phi) is 5.59. The van der Waals surface area contributed by atoms with Gasteiger partial charge in [0.25, 0.3) is 5.69 Å². The summed E-state index contributed by atoms with van der Waals surface area (Å²) in [5.41, 5.74) is 1.53. The van der Waals surface area contributed by atoms with E-state index < -0.39 is 10.9 Å². The summed E-state index contributed by atoms with van der Waals surface area (Å²) in [5, 5.41) is 23.2. The minimum absolute atomic E-state index is 0.0637. The molecule has 1 aliphatic rings. The first-order chi connectivity index (χ1) is 10.8. The fourth-order valence-electron chi connectivity index (χ4n) is 2.87. The molecule has 0 aromatic heterocycles. The Hall–Kier alpha value is -1.67. The Labute approximate surface area is 142 Å². The van der Waals surface area contributed by atoms with Gasteiger partial charge in [0.05, 0.1) is 11.5 Å². The van der Waals surface area contributed by atoms with Crippen LogP contribution in [-0.4, -0.2) is 46.1 Å². The first kappa shape index (κ1) is 17.7. The average Bonchev–Trinajstić information content (AvgIpc) is 2.42. The van der Waals surface area contributed by atoms with Crippen LogP contribution >= 0.6 is 15.9 Å². The van der Waals surface area contributed by atoms with Gasteiger partial charge in [0, 0.05) is 33.9 Å². The quantitative estimate of drug-likeness (QED) is 0.553. The third-order valence-electron chi connectivity index (χ3n) is 4.22. The van der Waals surface area contributed by atoms with E-state index in [-0.39, 0.29) is 24.3 Å². The monoisotopic (exact) mass is 385 g/mol. The Balaban J connectivity index is 1.96. The number of carboxylic acids is 1. The molecule has 1 aromatic carbocycles. The molecule has 0 atom stereocenters. The van der Waals surface area contributed by atoms with Crippen molar-refractivity contribution in [2.24, 2.45) is 0 Å². The topological polar surface area (TPSA) is 95.7 Å². The number of likely N-dealkylation sites (N-methyl/N-ethyl adjacent to an activating group) is 1. The van der Waals surface area contributed by atoms with Gasteiger partial charge in [-0.3, -0.25) is 19.8 Å². The van der Waals surface area contributed by atoms with Crippen LogP contribution in [-0.2, 0) is 4.79 Å². The maximum Gasteiger partial charge on any atom is 0.317 e. The zero-order chi connectivity index (χ0) is 17.1. The fraction of sp³-hybridized carbons (Fsp3) is 0.533. The van der Waals surface area contributed by atoms with Crippen LogP contribution in [0.4, 0.5) is 11.4 Å². The van der Waals surface area contributed by atoms with Crippen LogP contribution in [0.2, 0.25) is 0 Å². The number of nitrogens with one attached hydrogen (secondary N) is 1. The number of benzene rings is 1. The molecule has 23 heavy (non-hydrogen) atoms. The van der Waals surface area contributed by atoms with Gasteiger partial charge in [-0.1, -0.05) is 6.92 Å². The van der Waals surface area contributed by atoms with Crippen LogP contribution in [0.3, 0.4) is 0 Å². The number of anilines is 1. The molecule has 1 aliphatic carbocycles. The molecule has 0 amide bonds. The standard InChI is InChI=1S/C15H20BrN3O4/c1-3-18(8-15(20)21)11-5-10(6-11)17-13-4-9(2)14(19(22)23)7-12(13)16/h4,7,10-11,17H,3,5-6,8H2,1-2H3,(H,20,21). The molecule has 2 N–H and O–H groups in total. The molecule has 1 saturated carbocycles. The van der Waals surface area contributed by atoms with Gasteiger partial charge in [-0.15, -0.1) is 0 Å². The number of carboxylic acid groups (broad SMARTS) is 1. The van der Waals surface area contributed by atoms with Gasteiger partial charge >= 0.3 is 5.97 Å². The fourth-order valence-corrected chi connectivity index (χ4v) is 3.32. The van der Waals surface area contributed by atoms with Crippen LogP contribution in [0.1, 0.15) is 25.3 Å². The number of hydrogen-bond acceptors (Lipinski definition) is 5. The molecule has 1 aromatic rings. The molecule has 0 heterocycles. The van der Waals surface area contributed by atoms with Crippen molar-refractivity contribution in [2.45, 2.75) is 38.8 Å². The molecule has 2 rings (SSSR count). The third kappa shape index (κ3) is 4.20. The highest BCUT2D eigenvalue weighted by Gasteiger charge is 2.34. The van der Waals surface area contributed by atoms with Gasteiger partial charge in [-0.2, -0.15) is 0 Å². The van der Waals surface area contributed by atoms with E-state index in [1.54, 1.807) is 13.0 Å². The second kappa shape index (κ2) is 7.27. The molecule has 0 aliphatic heterocycles. The molecule has 0 saturated heterocycles. The van der Waals surface area contributed by atoms with E-state index in [1.165, 1.54) is 6.07 Å². The number of halogens is 1. The third-order valence-corrected chi connectivity index (χ3v) is 4.87. The summed E-state index contributed by atoms with van der Waals surface area (Å²) in [6.45, 7) is 4.45. The summed E-state index contributed by atoms with van der Waals surface area (Å²) in [7, 11) is 0. The van der Waals surface area contributed by atoms with E-state index >= 15 is 0 Å². The minimum atomic E-state index is -0.808. The number of nitrogens with zero attached hydrogens (tertiary/aromatic N) is 2. The van der Waals surface area contributed by atoms with E-state index in [4.69, 9.17) is 5.11 Å². The number of nitro groups is 1. The summed E-state index contributed by atoms with van der Waals surface area (Å²) in [6.07, 6.45) is 1.73. The van der Waals surface area contributed by atoms with Gasteiger partial charge in [-0.05, 0) is 48.3 Å². The number of hydrogen-bond donors (Lipinski definition) is 2. The first-order valence-corrected chi connectivity index (χ1v) is 8.28. The lowest BCUT2D eigenvalue weighted by Gasteiger charge is -2.42. The molecule has 0 unspecified atom stereocenters. The van der Waals surface area contributed by atoms with Crippen molar-refractivity contribution in [2.75, 3.05) is 18.4 Å². The highest BCUT2D eigenvalue weighted by atomic mass is 79.9. The maximum absolute atomic E-state index is 10.9. The van der Waals surface area contributed by atoms with Gasteiger partial charge < -0.3 is 10.4 Å². The minimum Gasteiger partial charge on any atom is -0.480 e. The molecular weight excluding hydrogens is 366 g/mol. The summed E-state index contributed by atoms with van der Waals surface area (Å²) < 4.78 is 0.663. The second-order valence-corrected chi connectivity index (χ2v) is 6.65. The lowest BCUT2D eigenvalue weighted by molar-refractivity contribution is -0.385. The van der Waals surface area contributed by atoms with Crippen LogP contribution in [0.15, 0.2) is 16.6 Å².